The first-order chi connectivity index (χ1) is 8.58. The summed E-state index contributed by atoms with van der Waals surface area (Å²) in [6, 6.07) is 4.08. The zero-order valence-corrected chi connectivity index (χ0v) is 12.4. The van der Waals surface area contributed by atoms with E-state index in [1.165, 1.54) is 5.56 Å². The first-order valence-electron chi connectivity index (χ1n) is 6.36. The van der Waals surface area contributed by atoms with Crippen molar-refractivity contribution in [2.75, 3.05) is 26.3 Å². The van der Waals surface area contributed by atoms with E-state index in [1.807, 2.05) is 12.1 Å². The molecule has 1 aliphatic heterocycles. The van der Waals surface area contributed by atoms with Crippen LogP contribution in [0.4, 0.5) is 0 Å². The van der Waals surface area contributed by atoms with E-state index in [1.54, 1.807) is 0 Å². The van der Waals surface area contributed by atoms with Crippen LogP contribution in [0.25, 0.3) is 0 Å². The summed E-state index contributed by atoms with van der Waals surface area (Å²) in [6.07, 6.45) is 0. The molecule has 1 fully saturated rings. The fourth-order valence-electron chi connectivity index (χ4n) is 2.30. The van der Waals surface area contributed by atoms with Gasteiger partial charge in [-0.1, -0.05) is 37.0 Å². The third-order valence-corrected chi connectivity index (χ3v) is 3.85. The number of morpholine rings is 1. The Morgan fingerprint density at radius 2 is 1.72 bits per heavy atom. The molecule has 2 nitrogen and oxygen atoms in total. The second-order valence-corrected chi connectivity index (χ2v) is 5.83. The molecule has 1 heterocycles. The molecule has 0 N–H and O–H groups in total. The summed E-state index contributed by atoms with van der Waals surface area (Å²) < 4.78 is 5.34. The minimum Gasteiger partial charge on any atom is -0.379 e. The van der Waals surface area contributed by atoms with Crippen LogP contribution in [0, 0.1) is 0 Å². The van der Waals surface area contributed by atoms with Gasteiger partial charge >= 0.3 is 0 Å². The summed E-state index contributed by atoms with van der Waals surface area (Å²) in [5.74, 6) is 0.349. The summed E-state index contributed by atoms with van der Waals surface area (Å²) in [7, 11) is 0. The lowest BCUT2D eigenvalue weighted by atomic mass is 10.0. The molecular weight excluding hydrogens is 269 g/mol. The summed E-state index contributed by atoms with van der Waals surface area (Å²) in [5.41, 5.74) is 2.22. The molecule has 1 aromatic rings. The number of hydrogen-bond donors (Lipinski definition) is 0. The predicted octanol–water partition coefficient (Wildman–Crippen LogP) is 3.95. The van der Waals surface area contributed by atoms with Crippen molar-refractivity contribution < 1.29 is 4.74 Å². The van der Waals surface area contributed by atoms with E-state index < -0.39 is 0 Å². The van der Waals surface area contributed by atoms with E-state index in [2.05, 4.69) is 18.7 Å². The highest BCUT2D eigenvalue weighted by atomic mass is 35.5. The lowest BCUT2D eigenvalue weighted by Gasteiger charge is -2.27. The van der Waals surface area contributed by atoms with Gasteiger partial charge in [0.1, 0.15) is 0 Å². The van der Waals surface area contributed by atoms with Gasteiger partial charge in [0.25, 0.3) is 0 Å². The number of rotatable bonds is 3. The van der Waals surface area contributed by atoms with Crippen molar-refractivity contribution >= 4 is 23.2 Å². The number of halogens is 2. The summed E-state index contributed by atoms with van der Waals surface area (Å²) in [5, 5.41) is 1.56. The lowest BCUT2D eigenvalue weighted by molar-refractivity contribution is 0.0342. The molecule has 0 spiro atoms. The molecule has 4 heteroatoms. The van der Waals surface area contributed by atoms with Gasteiger partial charge in [-0.3, -0.25) is 4.90 Å². The van der Waals surface area contributed by atoms with Gasteiger partial charge in [-0.15, -0.1) is 0 Å². The number of hydrogen-bond acceptors (Lipinski definition) is 2. The predicted molar refractivity (Wildman–Crippen MR) is 76.6 cm³/mol. The van der Waals surface area contributed by atoms with Gasteiger partial charge in [0.15, 0.2) is 0 Å². The maximum atomic E-state index is 6.32. The standard InChI is InChI=1S/C14H19Cl2NO/c1-10(2)14-12(15)7-11(8-13(14)16)9-17-3-5-18-6-4-17/h7-8,10H,3-6,9H2,1-2H3. The summed E-state index contributed by atoms with van der Waals surface area (Å²) in [6.45, 7) is 8.67. The Morgan fingerprint density at radius 1 is 1.17 bits per heavy atom. The van der Waals surface area contributed by atoms with Crippen molar-refractivity contribution in [1.29, 1.82) is 0 Å². The average molecular weight is 288 g/mol. The molecule has 0 bridgehead atoms. The topological polar surface area (TPSA) is 12.5 Å². The van der Waals surface area contributed by atoms with Crippen LogP contribution in [-0.2, 0) is 11.3 Å². The monoisotopic (exact) mass is 287 g/mol. The fourth-order valence-corrected chi connectivity index (χ4v) is 3.27. The Hall–Kier alpha value is -0.280. The molecule has 0 saturated carbocycles. The van der Waals surface area contributed by atoms with Gasteiger partial charge in [-0.2, -0.15) is 0 Å². The number of nitrogens with zero attached hydrogens (tertiary/aromatic N) is 1. The van der Waals surface area contributed by atoms with Crippen LogP contribution in [0.5, 0.6) is 0 Å². The van der Waals surface area contributed by atoms with Gasteiger partial charge < -0.3 is 4.74 Å². The van der Waals surface area contributed by atoms with Crippen molar-refractivity contribution in [2.45, 2.75) is 26.3 Å². The highest BCUT2D eigenvalue weighted by molar-refractivity contribution is 6.36. The average Bonchev–Trinajstić information content (AvgIpc) is 2.28. The summed E-state index contributed by atoms with van der Waals surface area (Å²) in [4.78, 5) is 2.36. The largest absolute Gasteiger partial charge is 0.379 e. The second kappa shape index (κ2) is 6.25. The molecule has 0 radical (unpaired) electrons. The van der Waals surface area contributed by atoms with Crippen LogP contribution in [0.2, 0.25) is 10.0 Å². The SMILES string of the molecule is CC(C)c1c(Cl)cc(CN2CCOCC2)cc1Cl. The van der Waals surface area contributed by atoms with E-state index in [9.17, 15) is 0 Å². The smallest absolute Gasteiger partial charge is 0.0594 e. The van der Waals surface area contributed by atoms with E-state index in [0.29, 0.717) is 5.92 Å². The fraction of sp³-hybridized carbons (Fsp3) is 0.571. The molecular formula is C14H19Cl2NO. The Kier molecular flexibility index (Phi) is 4.91. The Labute approximate surface area is 119 Å². The Morgan fingerprint density at radius 3 is 2.22 bits per heavy atom. The quantitative estimate of drug-likeness (QED) is 0.835. The van der Waals surface area contributed by atoms with Crippen molar-refractivity contribution in [3.05, 3.63) is 33.3 Å². The molecule has 100 valence electrons. The Balaban J connectivity index is 2.14. The van der Waals surface area contributed by atoms with Crippen LogP contribution < -0.4 is 0 Å². The van der Waals surface area contributed by atoms with Gasteiger partial charge in [-0.25, -0.2) is 0 Å². The molecule has 0 unspecified atom stereocenters. The van der Waals surface area contributed by atoms with Crippen molar-refractivity contribution in [3.63, 3.8) is 0 Å². The lowest BCUT2D eigenvalue weighted by Crippen LogP contribution is -2.35. The highest BCUT2D eigenvalue weighted by Crippen LogP contribution is 2.33. The van der Waals surface area contributed by atoms with Crippen molar-refractivity contribution in [1.82, 2.24) is 4.90 Å². The first-order valence-corrected chi connectivity index (χ1v) is 7.11. The molecule has 0 aromatic heterocycles. The maximum Gasteiger partial charge on any atom is 0.0594 e. The van der Waals surface area contributed by atoms with E-state index in [4.69, 9.17) is 27.9 Å². The molecule has 0 aliphatic carbocycles. The number of ether oxygens (including phenoxy) is 1. The Bertz CT molecular complexity index is 391. The molecule has 0 atom stereocenters. The third kappa shape index (κ3) is 3.39. The first kappa shape index (κ1) is 14.1. The van der Waals surface area contributed by atoms with Gasteiger partial charge in [0, 0.05) is 29.7 Å². The van der Waals surface area contributed by atoms with Crippen molar-refractivity contribution in [2.24, 2.45) is 0 Å². The second-order valence-electron chi connectivity index (χ2n) is 5.02. The van der Waals surface area contributed by atoms with Gasteiger partial charge in [0.2, 0.25) is 0 Å². The molecule has 1 aliphatic rings. The van der Waals surface area contributed by atoms with Crippen LogP contribution in [-0.4, -0.2) is 31.2 Å². The zero-order valence-electron chi connectivity index (χ0n) is 10.9. The zero-order chi connectivity index (χ0) is 13.1. The molecule has 18 heavy (non-hydrogen) atoms. The normalized spacial score (nSPS) is 17.4. The van der Waals surface area contributed by atoms with Crippen LogP contribution in [0.3, 0.4) is 0 Å². The van der Waals surface area contributed by atoms with Gasteiger partial charge in [-0.05, 0) is 29.2 Å². The van der Waals surface area contributed by atoms with Crippen LogP contribution >= 0.6 is 23.2 Å². The minimum absolute atomic E-state index is 0.349. The van der Waals surface area contributed by atoms with E-state index in [-0.39, 0.29) is 0 Å². The molecule has 2 rings (SSSR count). The summed E-state index contributed by atoms with van der Waals surface area (Å²) >= 11 is 12.6. The van der Waals surface area contributed by atoms with Gasteiger partial charge in [0.05, 0.1) is 13.2 Å². The van der Waals surface area contributed by atoms with E-state index in [0.717, 1.165) is 48.5 Å². The third-order valence-electron chi connectivity index (χ3n) is 3.23. The minimum atomic E-state index is 0.349. The van der Waals surface area contributed by atoms with Crippen molar-refractivity contribution in [3.8, 4) is 0 Å². The maximum absolute atomic E-state index is 6.32. The molecule has 1 saturated heterocycles. The molecule has 1 aromatic carbocycles. The highest BCUT2D eigenvalue weighted by Gasteiger charge is 2.15. The number of benzene rings is 1. The van der Waals surface area contributed by atoms with Crippen LogP contribution in [0.1, 0.15) is 30.9 Å². The molecule has 0 amide bonds. The van der Waals surface area contributed by atoms with E-state index >= 15 is 0 Å². The van der Waals surface area contributed by atoms with Crippen LogP contribution in [0.15, 0.2) is 12.1 Å².